The van der Waals surface area contributed by atoms with Gasteiger partial charge in [0.15, 0.2) is 0 Å². The lowest BCUT2D eigenvalue weighted by atomic mass is 10.4. The molecule has 0 aliphatic rings. The van der Waals surface area contributed by atoms with Crippen molar-refractivity contribution in [2.75, 3.05) is 11.5 Å². The van der Waals surface area contributed by atoms with Gasteiger partial charge in [0.1, 0.15) is 0 Å². The van der Waals surface area contributed by atoms with Crippen molar-refractivity contribution < 1.29 is 0 Å². The first-order valence-corrected chi connectivity index (χ1v) is 4.15. The van der Waals surface area contributed by atoms with Crippen molar-refractivity contribution in [1.82, 2.24) is 0 Å². The van der Waals surface area contributed by atoms with Crippen molar-refractivity contribution in [3.8, 4) is 0 Å². The quantitative estimate of drug-likeness (QED) is 0.544. The van der Waals surface area contributed by atoms with Crippen LogP contribution in [0.3, 0.4) is 0 Å². The lowest BCUT2D eigenvalue weighted by Gasteiger charge is -1.97. The van der Waals surface area contributed by atoms with E-state index in [9.17, 15) is 0 Å². The van der Waals surface area contributed by atoms with E-state index in [2.05, 4.69) is 13.2 Å². The minimum atomic E-state index is 1.06. The molecular formula is C8H14S. The van der Waals surface area contributed by atoms with Crippen molar-refractivity contribution >= 4 is 11.8 Å². The first-order valence-electron chi connectivity index (χ1n) is 2.99. The molecule has 0 aliphatic carbocycles. The number of thioether (sulfide) groups is 1. The van der Waals surface area contributed by atoms with Gasteiger partial charge in [-0.2, -0.15) is 11.8 Å². The molecule has 0 unspecified atom stereocenters. The Bertz CT molecular complexity index is 99.7. The molecule has 52 valence electrons. The summed E-state index contributed by atoms with van der Waals surface area (Å²) >= 11 is 1.87. The second-order valence-electron chi connectivity index (χ2n) is 2.41. The van der Waals surface area contributed by atoms with Gasteiger partial charge in [0.05, 0.1) is 0 Å². The van der Waals surface area contributed by atoms with E-state index in [1.54, 1.807) is 0 Å². The molecule has 0 aromatic rings. The summed E-state index contributed by atoms with van der Waals surface area (Å²) < 4.78 is 0. The van der Waals surface area contributed by atoms with Crippen LogP contribution < -0.4 is 0 Å². The Morgan fingerprint density at radius 2 is 1.44 bits per heavy atom. The molecule has 0 aromatic heterocycles. The monoisotopic (exact) mass is 142 g/mol. The van der Waals surface area contributed by atoms with E-state index in [0.717, 1.165) is 11.5 Å². The molecule has 0 saturated carbocycles. The van der Waals surface area contributed by atoms with Gasteiger partial charge in [-0.3, -0.25) is 0 Å². The molecule has 0 rings (SSSR count). The van der Waals surface area contributed by atoms with Crippen molar-refractivity contribution in [2.45, 2.75) is 13.8 Å². The van der Waals surface area contributed by atoms with Gasteiger partial charge in [-0.1, -0.05) is 24.3 Å². The molecule has 0 saturated heterocycles. The van der Waals surface area contributed by atoms with E-state index in [-0.39, 0.29) is 0 Å². The van der Waals surface area contributed by atoms with Crippen LogP contribution in [-0.2, 0) is 0 Å². The Morgan fingerprint density at radius 1 is 1.11 bits per heavy atom. The van der Waals surface area contributed by atoms with Gasteiger partial charge in [0, 0.05) is 11.5 Å². The number of hydrogen-bond acceptors (Lipinski definition) is 1. The Balaban J connectivity index is 3.10. The highest BCUT2D eigenvalue weighted by Gasteiger charge is 1.87. The Kier molecular flexibility index (Phi) is 4.60. The average Bonchev–Trinajstić information content (AvgIpc) is 1.63. The molecule has 0 bridgehead atoms. The molecule has 0 heterocycles. The zero-order valence-corrected chi connectivity index (χ0v) is 7.05. The predicted molar refractivity (Wildman–Crippen MR) is 47.0 cm³/mol. The van der Waals surface area contributed by atoms with Gasteiger partial charge in [0.2, 0.25) is 0 Å². The summed E-state index contributed by atoms with van der Waals surface area (Å²) in [5.41, 5.74) is 2.47. The van der Waals surface area contributed by atoms with Gasteiger partial charge in [-0.05, 0) is 13.8 Å². The molecule has 0 nitrogen and oxygen atoms in total. The molecule has 0 atom stereocenters. The SMILES string of the molecule is C=C(C)CSCC(=C)C. The van der Waals surface area contributed by atoms with E-state index in [4.69, 9.17) is 0 Å². The van der Waals surface area contributed by atoms with Crippen LogP contribution >= 0.6 is 11.8 Å². The molecule has 1 heteroatoms. The highest BCUT2D eigenvalue weighted by molar-refractivity contribution is 7.99. The minimum Gasteiger partial charge on any atom is -0.153 e. The third-order valence-electron chi connectivity index (χ3n) is 0.697. The first-order chi connectivity index (χ1) is 4.13. The lowest BCUT2D eigenvalue weighted by Crippen LogP contribution is -1.83. The highest BCUT2D eigenvalue weighted by Crippen LogP contribution is 2.08. The number of hydrogen-bond donors (Lipinski definition) is 0. The summed E-state index contributed by atoms with van der Waals surface area (Å²) in [6, 6.07) is 0. The normalized spacial score (nSPS) is 9.11. The zero-order valence-electron chi connectivity index (χ0n) is 6.24. The van der Waals surface area contributed by atoms with Crippen molar-refractivity contribution in [3.05, 3.63) is 24.3 Å². The van der Waals surface area contributed by atoms with Crippen molar-refractivity contribution in [3.63, 3.8) is 0 Å². The fraction of sp³-hybridized carbons (Fsp3) is 0.500. The van der Waals surface area contributed by atoms with Crippen LogP contribution in [0.2, 0.25) is 0 Å². The van der Waals surface area contributed by atoms with E-state index < -0.39 is 0 Å². The Labute approximate surface area is 62.0 Å². The Hall–Kier alpha value is -0.170. The molecule has 0 fully saturated rings. The molecule has 0 aromatic carbocycles. The third kappa shape index (κ3) is 7.83. The standard InChI is InChI=1S/C8H14S/c1-7(2)5-9-6-8(3)4/h1,3,5-6H2,2,4H3. The second kappa shape index (κ2) is 4.68. The molecule has 0 spiro atoms. The molecule has 0 amide bonds. The molecule has 0 N–H and O–H groups in total. The molecular weight excluding hydrogens is 128 g/mol. The summed E-state index contributed by atoms with van der Waals surface area (Å²) in [7, 11) is 0. The zero-order chi connectivity index (χ0) is 7.28. The van der Waals surface area contributed by atoms with Crippen LogP contribution in [0.15, 0.2) is 24.3 Å². The van der Waals surface area contributed by atoms with E-state index in [1.165, 1.54) is 11.1 Å². The maximum Gasteiger partial charge on any atom is 0.0141 e. The van der Waals surface area contributed by atoms with Crippen LogP contribution in [-0.4, -0.2) is 11.5 Å². The third-order valence-corrected chi connectivity index (χ3v) is 2.09. The van der Waals surface area contributed by atoms with Crippen molar-refractivity contribution in [1.29, 1.82) is 0 Å². The van der Waals surface area contributed by atoms with Crippen LogP contribution in [0.1, 0.15) is 13.8 Å². The maximum atomic E-state index is 3.80. The highest BCUT2D eigenvalue weighted by atomic mass is 32.2. The van der Waals surface area contributed by atoms with Gasteiger partial charge in [0.25, 0.3) is 0 Å². The smallest absolute Gasteiger partial charge is 0.0141 e. The van der Waals surface area contributed by atoms with E-state index >= 15 is 0 Å². The van der Waals surface area contributed by atoms with Crippen LogP contribution in [0.4, 0.5) is 0 Å². The lowest BCUT2D eigenvalue weighted by molar-refractivity contribution is 1.40. The van der Waals surface area contributed by atoms with Crippen LogP contribution in [0.25, 0.3) is 0 Å². The summed E-state index contributed by atoms with van der Waals surface area (Å²) in [5.74, 6) is 2.12. The van der Waals surface area contributed by atoms with Gasteiger partial charge < -0.3 is 0 Å². The maximum absolute atomic E-state index is 3.80. The van der Waals surface area contributed by atoms with Gasteiger partial charge in [-0.25, -0.2) is 0 Å². The van der Waals surface area contributed by atoms with Gasteiger partial charge in [-0.15, -0.1) is 0 Å². The Morgan fingerprint density at radius 3 is 1.67 bits per heavy atom. The first kappa shape index (κ1) is 8.83. The molecule has 0 aliphatic heterocycles. The summed E-state index contributed by atoms with van der Waals surface area (Å²) in [6.07, 6.45) is 0. The summed E-state index contributed by atoms with van der Waals surface area (Å²) in [6.45, 7) is 11.7. The van der Waals surface area contributed by atoms with Crippen LogP contribution in [0.5, 0.6) is 0 Å². The summed E-state index contributed by atoms with van der Waals surface area (Å²) in [5, 5.41) is 0. The largest absolute Gasteiger partial charge is 0.153 e. The fourth-order valence-corrected chi connectivity index (χ4v) is 1.20. The minimum absolute atomic E-state index is 1.06. The molecule has 0 radical (unpaired) electrons. The number of rotatable bonds is 4. The fourth-order valence-electron chi connectivity index (χ4n) is 0.399. The molecule has 9 heavy (non-hydrogen) atoms. The van der Waals surface area contributed by atoms with Crippen molar-refractivity contribution in [2.24, 2.45) is 0 Å². The van der Waals surface area contributed by atoms with Crippen LogP contribution in [0, 0.1) is 0 Å². The average molecular weight is 142 g/mol. The van der Waals surface area contributed by atoms with E-state index in [0.29, 0.717) is 0 Å². The van der Waals surface area contributed by atoms with E-state index in [1.807, 2.05) is 25.6 Å². The predicted octanol–water partition coefficient (Wildman–Crippen LogP) is 2.87. The second-order valence-corrected chi connectivity index (χ2v) is 3.39. The topological polar surface area (TPSA) is 0 Å². The summed E-state index contributed by atoms with van der Waals surface area (Å²) in [4.78, 5) is 0. The van der Waals surface area contributed by atoms with Gasteiger partial charge >= 0.3 is 0 Å².